The molecule has 2 heterocycles. The SMILES string of the molecule is O=C1CCc2c(OC(F)F)ccc3c2N1CC3. The molecule has 0 atom stereocenters. The Morgan fingerprint density at radius 2 is 2.06 bits per heavy atom. The highest BCUT2D eigenvalue weighted by atomic mass is 19.3. The molecule has 2 aliphatic heterocycles. The predicted molar refractivity (Wildman–Crippen MR) is 57.5 cm³/mol. The normalized spacial score (nSPS) is 17.6. The lowest BCUT2D eigenvalue weighted by Gasteiger charge is -2.26. The van der Waals surface area contributed by atoms with Gasteiger partial charge in [-0.2, -0.15) is 8.78 Å². The summed E-state index contributed by atoms with van der Waals surface area (Å²) in [7, 11) is 0. The lowest BCUT2D eigenvalue weighted by atomic mass is 9.98. The van der Waals surface area contributed by atoms with Crippen LogP contribution >= 0.6 is 0 Å². The second kappa shape index (κ2) is 3.68. The van der Waals surface area contributed by atoms with Crippen molar-refractivity contribution in [2.75, 3.05) is 11.4 Å². The van der Waals surface area contributed by atoms with Gasteiger partial charge in [0, 0.05) is 18.5 Å². The molecular formula is C12H11F2NO2. The van der Waals surface area contributed by atoms with E-state index in [1.54, 1.807) is 17.0 Å². The number of rotatable bonds is 2. The average molecular weight is 239 g/mol. The van der Waals surface area contributed by atoms with Crippen LogP contribution in [0.4, 0.5) is 14.5 Å². The fourth-order valence-corrected chi connectivity index (χ4v) is 2.61. The van der Waals surface area contributed by atoms with Crippen molar-refractivity contribution in [3.05, 3.63) is 23.3 Å². The summed E-state index contributed by atoms with van der Waals surface area (Å²) in [5, 5.41) is 0. The van der Waals surface area contributed by atoms with Crippen molar-refractivity contribution in [1.29, 1.82) is 0 Å². The number of alkyl halides is 2. The zero-order valence-corrected chi connectivity index (χ0v) is 9.08. The van der Waals surface area contributed by atoms with E-state index in [2.05, 4.69) is 4.74 Å². The third kappa shape index (κ3) is 1.57. The second-order valence-corrected chi connectivity index (χ2v) is 4.22. The van der Waals surface area contributed by atoms with Crippen molar-refractivity contribution >= 4 is 11.6 Å². The summed E-state index contributed by atoms with van der Waals surface area (Å²) < 4.78 is 29.1. The Morgan fingerprint density at radius 3 is 2.82 bits per heavy atom. The lowest BCUT2D eigenvalue weighted by molar-refractivity contribution is -0.118. The number of amides is 1. The highest BCUT2D eigenvalue weighted by Crippen LogP contribution is 2.41. The van der Waals surface area contributed by atoms with Crippen LogP contribution in [0.15, 0.2) is 12.1 Å². The summed E-state index contributed by atoms with van der Waals surface area (Å²) in [6.45, 7) is -2.17. The van der Waals surface area contributed by atoms with E-state index in [0.29, 0.717) is 19.4 Å². The quantitative estimate of drug-likeness (QED) is 0.791. The van der Waals surface area contributed by atoms with Gasteiger partial charge in [0.25, 0.3) is 0 Å². The van der Waals surface area contributed by atoms with E-state index in [0.717, 1.165) is 23.2 Å². The molecule has 0 bridgehead atoms. The van der Waals surface area contributed by atoms with Gasteiger partial charge in [-0.05, 0) is 24.5 Å². The molecular weight excluding hydrogens is 228 g/mol. The molecule has 0 radical (unpaired) electrons. The van der Waals surface area contributed by atoms with Gasteiger partial charge in [-0.25, -0.2) is 0 Å². The predicted octanol–water partition coefficient (Wildman–Crippen LogP) is 2.12. The number of halogens is 2. The molecule has 1 aromatic rings. The molecule has 2 aliphatic rings. The molecule has 0 spiro atoms. The zero-order chi connectivity index (χ0) is 12.0. The van der Waals surface area contributed by atoms with E-state index < -0.39 is 6.61 Å². The molecule has 1 aromatic carbocycles. The van der Waals surface area contributed by atoms with Gasteiger partial charge < -0.3 is 9.64 Å². The number of hydrogen-bond acceptors (Lipinski definition) is 2. The van der Waals surface area contributed by atoms with Gasteiger partial charge in [0.2, 0.25) is 5.91 Å². The monoisotopic (exact) mass is 239 g/mol. The van der Waals surface area contributed by atoms with E-state index in [-0.39, 0.29) is 11.7 Å². The second-order valence-electron chi connectivity index (χ2n) is 4.22. The van der Waals surface area contributed by atoms with Crippen molar-refractivity contribution in [2.24, 2.45) is 0 Å². The Balaban J connectivity index is 2.09. The third-order valence-electron chi connectivity index (χ3n) is 3.30. The van der Waals surface area contributed by atoms with E-state index in [9.17, 15) is 13.6 Å². The molecule has 5 heteroatoms. The molecule has 3 nitrogen and oxygen atoms in total. The van der Waals surface area contributed by atoms with E-state index in [4.69, 9.17) is 0 Å². The fraction of sp³-hybridized carbons (Fsp3) is 0.417. The number of ether oxygens (including phenoxy) is 1. The van der Waals surface area contributed by atoms with Gasteiger partial charge in [-0.15, -0.1) is 0 Å². The molecule has 0 saturated heterocycles. The van der Waals surface area contributed by atoms with Crippen LogP contribution in [0.25, 0.3) is 0 Å². The maximum atomic E-state index is 12.3. The van der Waals surface area contributed by atoms with Crippen molar-refractivity contribution in [1.82, 2.24) is 0 Å². The van der Waals surface area contributed by atoms with Crippen molar-refractivity contribution in [2.45, 2.75) is 25.9 Å². The van der Waals surface area contributed by atoms with Crippen LogP contribution in [0.5, 0.6) is 5.75 Å². The van der Waals surface area contributed by atoms with E-state index >= 15 is 0 Å². The van der Waals surface area contributed by atoms with Gasteiger partial charge >= 0.3 is 6.61 Å². The minimum atomic E-state index is -2.82. The highest BCUT2D eigenvalue weighted by molar-refractivity contribution is 5.99. The zero-order valence-electron chi connectivity index (χ0n) is 9.08. The molecule has 90 valence electrons. The summed E-state index contributed by atoms with van der Waals surface area (Å²) >= 11 is 0. The van der Waals surface area contributed by atoms with Crippen molar-refractivity contribution in [3.8, 4) is 5.75 Å². The maximum Gasteiger partial charge on any atom is 0.387 e. The number of nitrogens with zero attached hydrogens (tertiary/aromatic N) is 1. The molecule has 0 unspecified atom stereocenters. The summed E-state index contributed by atoms with van der Waals surface area (Å²) in [5.41, 5.74) is 2.61. The molecule has 17 heavy (non-hydrogen) atoms. The van der Waals surface area contributed by atoms with Gasteiger partial charge in [0.15, 0.2) is 0 Å². The first-order valence-electron chi connectivity index (χ1n) is 5.57. The fourth-order valence-electron chi connectivity index (χ4n) is 2.61. The first-order valence-corrected chi connectivity index (χ1v) is 5.57. The van der Waals surface area contributed by atoms with E-state index in [1.165, 1.54) is 0 Å². The van der Waals surface area contributed by atoms with Crippen LogP contribution in [0.1, 0.15) is 17.5 Å². The van der Waals surface area contributed by atoms with E-state index in [1.807, 2.05) is 0 Å². The van der Waals surface area contributed by atoms with Gasteiger partial charge in [-0.3, -0.25) is 4.79 Å². The van der Waals surface area contributed by atoms with Gasteiger partial charge in [-0.1, -0.05) is 6.07 Å². The summed E-state index contributed by atoms with van der Waals surface area (Å²) in [6.07, 6.45) is 1.65. The number of anilines is 1. The number of hydrogen-bond donors (Lipinski definition) is 0. The van der Waals surface area contributed by atoms with Crippen LogP contribution in [-0.2, 0) is 17.6 Å². The Labute approximate surface area is 97.0 Å². The van der Waals surface area contributed by atoms with Crippen molar-refractivity contribution < 1.29 is 18.3 Å². The number of carbonyl (C=O) groups excluding carboxylic acids is 1. The molecule has 3 rings (SSSR count). The summed E-state index contributed by atoms with van der Waals surface area (Å²) in [4.78, 5) is 13.4. The standard InChI is InChI=1S/C12H11F2NO2/c13-12(14)17-9-3-1-7-5-6-15-10(16)4-2-8(9)11(7)15/h1,3,12H,2,4-6H2. The molecule has 0 saturated carbocycles. The number of carbonyl (C=O) groups is 1. The van der Waals surface area contributed by atoms with Gasteiger partial charge in [0.1, 0.15) is 5.75 Å². The smallest absolute Gasteiger partial charge is 0.387 e. The first-order chi connectivity index (χ1) is 8.16. The lowest BCUT2D eigenvalue weighted by Crippen LogP contribution is -2.33. The number of benzene rings is 1. The highest BCUT2D eigenvalue weighted by Gasteiger charge is 2.33. The van der Waals surface area contributed by atoms with Gasteiger partial charge in [0.05, 0.1) is 5.69 Å². The molecule has 0 aromatic heterocycles. The minimum Gasteiger partial charge on any atom is -0.434 e. The largest absolute Gasteiger partial charge is 0.434 e. The van der Waals surface area contributed by atoms with Crippen LogP contribution in [0.2, 0.25) is 0 Å². The van der Waals surface area contributed by atoms with Crippen LogP contribution < -0.4 is 9.64 Å². The minimum absolute atomic E-state index is 0.0745. The first kappa shape index (κ1) is 10.5. The average Bonchev–Trinajstić information content (AvgIpc) is 2.70. The molecule has 1 amide bonds. The topological polar surface area (TPSA) is 29.5 Å². The molecule has 0 fully saturated rings. The molecule has 0 N–H and O–H groups in total. The maximum absolute atomic E-state index is 12.3. The third-order valence-corrected chi connectivity index (χ3v) is 3.30. The summed E-state index contributed by atoms with van der Waals surface area (Å²) in [6, 6.07) is 3.36. The Bertz CT molecular complexity index is 488. The van der Waals surface area contributed by atoms with Crippen molar-refractivity contribution in [3.63, 3.8) is 0 Å². The van der Waals surface area contributed by atoms with Crippen LogP contribution in [0.3, 0.4) is 0 Å². The van der Waals surface area contributed by atoms with Crippen LogP contribution in [0, 0.1) is 0 Å². The molecule has 0 aliphatic carbocycles. The Morgan fingerprint density at radius 1 is 1.24 bits per heavy atom. The Hall–Kier alpha value is -1.65. The summed E-state index contributed by atoms with van der Waals surface area (Å²) in [5.74, 6) is 0.281. The Kier molecular flexibility index (Phi) is 2.28. The van der Waals surface area contributed by atoms with Crippen LogP contribution in [-0.4, -0.2) is 19.1 Å².